The number of halogens is 1. The molecule has 0 aliphatic heterocycles. The fraction of sp³-hybridized carbons (Fsp3) is 0.667. The maximum Gasteiger partial charge on any atom is 0.191 e. The molecule has 0 radical (unpaired) electrons. The minimum Gasteiger partial charge on any atom is -0.376 e. The first-order valence-electron chi connectivity index (χ1n) is 10.5. The van der Waals surface area contributed by atoms with Crippen molar-refractivity contribution in [2.45, 2.75) is 62.9 Å². The second-order valence-corrected chi connectivity index (χ2v) is 9.27. The summed E-state index contributed by atoms with van der Waals surface area (Å²) >= 11 is 0. The maximum absolute atomic E-state index is 12.3. The van der Waals surface area contributed by atoms with E-state index in [-0.39, 0.29) is 29.7 Å². The average molecular weight is 538 g/mol. The lowest BCUT2D eigenvalue weighted by Crippen LogP contribution is -2.39. The fourth-order valence-electron chi connectivity index (χ4n) is 3.34. The summed E-state index contributed by atoms with van der Waals surface area (Å²) in [6.07, 6.45) is 8.43. The number of ether oxygens (including phenoxy) is 1. The van der Waals surface area contributed by atoms with Crippen molar-refractivity contribution in [3.05, 3.63) is 30.3 Å². The summed E-state index contributed by atoms with van der Waals surface area (Å²) in [4.78, 5) is 4.86. The Balaban J connectivity index is 0.00000420. The van der Waals surface area contributed by atoms with Crippen LogP contribution in [0.1, 0.15) is 51.9 Å². The predicted octanol–water partition coefficient (Wildman–Crippen LogP) is 3.76. The monoisotopic (exact) mass is 537 g/mol. The fourth-order valence-corrected chi connectivity index (χ4v) is 4.65. The van der Waals surface area contributed by atoms with Crippen molar-refractivity contribution in [3.8, 4) is 0 Å². The first kappa shape index (κ1) is 26.2. The van der Waals surface area contributed by atoms with Gasteiger partial charge in [-0.1, -0.05) is 43.9 Å². The van der Waals surface area contributed by atoms with Crippen LogP contribution >= 0.6 is 24.0 Å². The zero-order valence-electron chi connectivity index (χ0n) is 17.4. The van der Waals surface area contributed by atoms with E-state index in [1.54, 1.807) is 24.3 Å². The van der Waals surface area contributed by atoms with E-state index < -0.39 is 9.84 Å². The molecule has 0 spiro atoms. The van der Waals surface area contributed by atoms with Crippen molar-refractivity contribution < 1.29 is 13.2 Å². The lowest BCUT2D eigenvalue weighted by Gasteiger charge is -2.16. The van der Waals surface area contributed by atoms with Crippen LogP contribution in [0.15, 0.2) is 40.2 Å². The molecule has 2 rings (SSSR count). The van der Waals surface area contributed by atoms with Crippen LogP contribution in [0.25, 0.3) is 0 Å². The third-order valence-electron chi connectivity index (χ3n) is 4.84. The summed E-state index contributed by atoms with van der Waals surface area (Å²) < 4.78 is 30.6. The molecular formula is C21H36IN3O3S. The molecular weight excluding hydrogens is 501 g/mol. The van der Waals surface area contributed by atoms with Gasteiger partial charge in [0.15, 0.2) is 15.8 Å². The Labute approximate surface area is 193 Å². The van der Waals surface area contributed by atoms with Crippen LogP contribution in [0.5, 0.6) is 0 Å². The van der Waals surface area contributed by atoms with Crippen molar-refractivity contribution in [1.29, 1.82) is 0 Å². The molecule has 1 aliphatic carbocycles. The van der Waals surface area contributed by atoms with E-state index >= 15 is 0 Å². The molecule has 1 saturated carbocycles. The van der Waals surface area contributed by atoms with E-state index in [1.807, 2.05) is 13.0 Å². The van der Waals surface area contributed by atoms with Crippen LogP contribution in [-0.2, 0) is 14.6 Å². The molecule has 0 atom stereocenters. The van der Waals surface area contributed by atoms with Gasteiger partial charge in [-0.2, -0.15) is 0 Å². The first-order chi connectivity index (χ1) is 13.6. The molecule has 6 nitrogen and oxygen atoms in total. The summed E-state index contributed by atoms with van der Waals surface area (Å²) in [5, 5.41) is 6.46. The minimum atomic E-state index is -3.24. The maximum atomic E-state index is 12.3. The van der Waals surface area contributed by atoms with Crippen molar-refractivity contribution in [2.24, 2.45) is 4.99 Å². The number of nitrogens with zero attached hydrogens (tertiary/aromatic N) is 1. The topological polar surface area (TPSA) is 79.8 Å². The summed E-state index contributed by atoms with van der Waals surface area (Å²) in [7, 11) is -3.24. The van der Waals surface area contributed by atoms with Gasteiger partial charge < -0.3 is 15.4 Å². The molecule has 0 saturated heterocycles. The highest BCUT2D eigenvalue weighted by atomic mass is 127. The SMILES string of the molecule is CCNC(=NCCCS(=O)(=O)c1ccccc1)NCCOC1CCCCCC1.I. The summed E-state index contributed by atoms with van der Waals surface area (Å²) in [5.74, 6) is 0.814. The van der Waals surface area contributed by atoms with Crippen LogP contribution < -0.4 is 10.6 Å². The molecule has 1 fully saturated rings. The molecule has 1 aromatic carbocycles. The molecule has 0 heterocycles. The molecule has 0 amide bonds. The number of hydrogen-bond acceptors (Lipinski definition) is 4. The van der Waals surface area contributed by atoms with Crippen molar-refractivity contribution in [3.63, 3.8) is 0 Å². The van der Waals surface area contributed by atoms with E-state index in [9.17, 15) is 8.42 Å². The van der Waals surface area contributed by atoms with Gasteiger partial charge in [-0.3, -0.25) is 4.99 Å². The van der Waals surface area contributed by atoms with Crippen LogP contribution in [0, 0.1) is 0 Å². The summed E-state index contributed by atoms with van der Waals surface area (Å²) in [5.41, 5.74) is 0. The number of hydrogen-bond donors (Lipinski definition) is 2. The second kappa shape index (κ2) is 15.0. The molecule has 8 heteroatoms. The summed E-state index contributed by atoms with van der Waals surface area (Å²) in [6, 6.07) is 8.58. The number of sulfone groups is 1. The van der Waals surface area contributed by atoms with Gasteiger partial charge in [-0.15, -0.1) is 24.0 Å². The Hall–Kier alpha value is -0.870. The van der Waals surface area contributed by atoms with E-state index in [0.717, 1.165) is 6.54 Å². The second-order valence-electron chi connectivity index (χ2n) is 7.16. The summed E-state index contributed by atoms with van der Waals surface area (Å²) in [6.45, 7) is 4.60. The smallest absolute Gasteiger partial charge is 0.191 e. The average Bonchev–Trinajstić information content (AvgIpc) is 2.98. The van der Waals surface area contributed by atoms with E-state index in [1.165, 1.54) is 38.5 Å². The van der Waals surface area contributed by atoms with Crippen molar-refractivity contribution in [1.82, 2.24) is 10.6 Å². The van der Waals surface area contributed by atoms with Crippen molar-refractivity contribution in [2.75, 3.05) is 32.0 Å². The zero-order valence-corrected chi connectivity index (χ0v) is 20.6. The Bertz CT molecular complexity index is 676. The molecule has 166 valence electrons. The third kappa shape index (κ3) is 10.6. The Morgan fingerprint density at radius 2 is 1.79 bits per heavy atom. The van der Waals surface area contributed by atoms with E-state index in [2.05, 4.69) is 15.6 Å². The van der Waals surface area contributed by atoms with E-state index in [0.29, 0.717) is 43.1 Å². The first-order valence-corrected chi connectivity index (χ1v) is 12.2. The molecule has 29 heavy (non-hydrogen) atoms. The van der Waals surface area contributed by atoms with Crippen molar-refractivity contribution >= 4 is 39.8 Å². The van der Waals surface area contributed by atoms with Gasteiger partial charge in [0.25, 0.3) is 0 Å². The van der Waals surface area contributed by atoms with E-state index in [4.69, 9.17) is 4.74 Å². The van der Waals surface area contributed by atoms with Crippen LogP contribution in [0.3, 0.4) is 0 Å². The van der Waals surface area contributed by atoms with Crippen LogP contribution in [0.4, 0.5) is 0 Å². The number of rotatable bonds is 10. The van der Waals surface area contributed by atoms with Gasteiger partial charge in [0.05, 0.1) is 23.4 Å². The molecule has 1 aromatic rings. The molecule has 0 unspecified atom stereocenters. The lowest BCUT2D eigenvalue weighted by molar-refractivity contribution is 0.0468. The zero-order chi connectivity index (χ0) is 20.1. The third-order valence-corrected chi connectivity index (χ3v) is 6.65. The highest BCUT2D eigenvalue weighted by molar-refractivity contribution is 14.0. The molecule has 2 N–H and O–H groups in total. The quantitative estimate of drug-likeness (QED) is 0.156. The van der Waals surface area contributed by atoms with Gasteiger partial charge in [0.1, 0.15) is 0 Å². The van der Waals surface area contributed by atoms with Gasteiger partial charge in [-0.05, 0) is 38.3 Å². The number of guanidine groups is 1. The number of aliphatic imine (C=N–C) groups is 1. The minimum absolute atomic E-state index is 0. The molecule has 0 bridgehead atoms. The van der Waals surface area contributed by atoms with Gasteiger partial charge in [-0.25, -0.2) is 8.42 Å². The van der Waals surface area contributed by atoms with Gasteiger partial charge in [0, 0.05) is 19.6 Å². The Morgan fingerprint density at radius 3 is 2.45 bits per heavy atom. The number of nitrogens with one attached hydrogen (secondary N) is 2. The molecule has 1 aliphatic rings. The Morgan fingerprint density at radius 1 is 1.10 bits per heavy atom. The highest BCUT2D eigenvalue weighted by Crippen LogP contribution is 2.19. The standard InChI is InChI=1S/C21H35N3O3S.HI/c1-2-22-21(24-16-17-27-19-11-6-3-4-7-12-19)23-15-10-18-28(25,26)20-13-8-5-9-14-20;/h5,8-9,13-14,19H,2-4,6-7,10-12,15-18H2,1H3,(H2,22,23,24);1H. The highest BCUT2D eigenvalue weighted by Gasteiger charge is 2.13. The largest absolute Gasteiger partial charge is 0.376 e. The van der Waals surface area contributed by atoms with Gasteiger partial charge >= 0.3 is 0 Å². The molecule has 0 aromatic heterocycles. The van der Waals surface area contributed by atoms with Crippen LogP contribution in [0.2, 0.25) is 0 Å². The predicted molar refractivity (Wildman–Crippen MR) is 130 cm³/mol. The number of benzene rings is 1. The Kier molecular flexibility index (Phi) is 13.5. The van der Waals surface area contributed by atoms with Crippen LogP contribution in [-0.4, -0.2) is 52.5 Å². The normalized spacial score (nSPS) is 16.0. The van der Waals surface area contributed by atoms with Gasteiger partial charge in [0.2, 0.25) is 0 Å². The lowest BCUT2D eigenvalue weighted by atomic mass is 10.1.